The zero-order valence-electron chi connectivity index (χ0n) is 8.44. The molecule has 2 N–H and O–H groups in total. The molecular formula is C9H11BBrNO3. The lowest BCUT2D eigenvalue weighted by Crippen LogP contribution is -2.31. The van der Waals surface area contributed by atoms with Crippen LogP contribution in [0.2, 0.25) is 0 Å². The Morgan fingerprint density at radius 3 is 2.40 bits per heavy atom. The van der Waals surface area contributed by atoms with Crippen molar-refractivity contribution in [1.29, 1.82) is 0 Å². The van der Waals surface area contributed by atoms with Gasteiger partial charge in [-0.2, -0.15) is 0 Å². The van der Waals surface area contributed by atoms with Gasteiger partial charge in [-0.25, -0.2) is 0 Å². The Bertz CT molecular complexity index is 382. The summed E-state index contributed by atoms with van der Waals surface area (Å²) in [5.41, 5.74) is 0.701. The van der Waals surface area contributed by atoms with Crippen molar-refractivity contribution in [2.24, 2.45) is 0 Å². The molecule has 0 aliphatic rings. The highest BCUT2D eigenvalue weighted by Crippen LogP contribution is 2.11. The van der Waals surface area contributed by atoms with Crippen LogP contribution in [-0.2, 0) is 0 Å². The first-order valence-corrected chi connectivity index (χ1v) is 5.09. The highest BCUT2D eigenvalue weighted by molar-refractivity contribution is 9.10. The maximum atomic E-state index is 11.6. The molecule has 0 bridgehead atoms. The third-order valence-electron chi connectivity index (χ3n) is 1.87. The zero-order valence-corrected chi connectivity index (χ0v) is 10.0. The summed E-state index contributed by atoms with van der Waals surface area (Å²) in [7, 11) is 1.70. The molecule has 6 heteroatoms. The molecule has 1 aromatic rings. The van der Waals surface area contributed by atoms with E-state index in [2.05, 4.69) is 15.9 Å². The van der Waals surface area contributed by atoms with Crippen molar-refractivity contribution in [2.45, 2.75) is 0 Å². The van der Waals surface area contributed by atoms with Crippen molar-refractivity contribution in [2.75, 3.05) is 14.1 Å². The van der Waals surface area contributed by atoms with Gasteiger partial charge in [0.15, 0.2) is 0 Å². The SMILES string of the molecule is CN(C)C(=O)c1cc(Br)cc(B(O)O)c1. The molecule has 15 heavy (non-hydrogen) atoms. The average molecular weight is 272 g/mol. The second kappa shape index (κ2) is 4.78. The van der Waals surface area contributed by atoms with Crippen LogP contribution in [0.3, 0.4) is 0 Å². The van der Waals surface area contributed by atoms with E-state index in [-0.39, 0.29) is 11.4 Å². The molecule has 0 radical (unpaired) electrons. The van der Waals surface area contributed by atoms with Crippen LogP contribution >= 0.6 is 15.9 Å². The highest BCUT2D eigenvalue weighted by Gasteiger charge is 2.16. The van der Waals surface area contributed by atoms with E-state index in [4.69, 9.17) is 10.0 Å². The molecular weight excluding hydrogens is 261 g/mol. The first-order chi connectivity index (χ1) is 6.91. The van der Waals surface area contributed by atoms with E-state index in [1.54, 1.807) is 26.2 Å². The Morgan fingerprint density at radius 2 is 1.93 bits per heavy atom. The fourth-order valence-electron chi connectivity index (χ4n) is 1.14. The lowest BCUT2D eigenvalue weighted by Gasteiger charge is -2.11. The molecule has 1 aromatic carbocycles. The zero-order chi connectivity index (χ0) is 11.6. The van der Waals surface area contributed by atoms with E-state index in [0.717, 1.165) is 0 Å². The Kier molecular flexibility index (Phi) is 3.90. The quantitative estimate of drug-likeness (QED) is 0.735. The summed E-state index contributed by atoms with van der Waals surface area (Å²) < 4.78 is 0.637. The van der Waals surface area contributed by atoms with Crippen LogP contribution in [0.4, 0.5) is 0 Å². The second-order valence-electron chi connectivity index (χ2n) is 3.35. The third kappa shape index (κ3) is 3.05. The van der Waals surface area contributed by atoms with Gasteiger partial charge < -0.3 is 14.9 Å². The van der Waals surface area contributed by atoms with Crippen molar-refractivity contribution >= 4 is 34.4 Å². The molecule has 0 atom stereocenters. The number of benzene rings is 1. The molecule has 0 spiro atoms. The van der Waals surface area contributed by atoms with Gasteiger partial charge in [0, 0.05) is 24.1 Å². The van der Waals surface area contributed by atoms with Gasteiger partial charge in [0.25, 0.3) is 5.91 Å². The Morgan fingerprint density at radius 1 is 1.33 bits per heavy atom. The number of hydrogen-bond donors (Lipinski definition) is 2. The maximum absolute atomic E-state index is 11.6. The molecule has 1 amide bonds. The third-order valence-corrected chi connectivity index (χ3v) is 2.33. The van der Waals surface area contributed by atoms with Crippen LogP contribution in [0.5, 0.6) is 0 Å². The predicted molar refractivity (Wildman–Crippen MR) is 62.0 cm³/mol. The van der Waals surface area contributed by atoms with Gasteiger partial charge in [-0.05, 0) is 23.7 Å². The number of hydrogen-bond acceptors (Lipinski definition) is 3. The summed E-state index contributed by atoms with van der Waals surface area (Å²) in [6.45, 7) is 0. The Labute approximate surface area is 96.8 Å². The Hall–Kier alpha value is -0.845. The molecule has 1 rings (SSSR count). The summed E-state index contributed by atoms with van der Waals surface area (Å²) in [4.78, 5) is 13.0. The van der Waals surface area contributed by atoms with Crippen LogP contribution in [0.1, 0.15) is 10.4 Å². The summed E-state index contributed by atoms with van der Waals surface area (Å²) in [5.74, 6) is -0.182. The van der Waals surface area contributed by atoms with Crippen LogP contribution in [0, 0.1) is 0 Å². The molecule has 0 unspecified atom stereocenters. The number of carbonyl (C=O) groups is 1. The fourth-order valence-corrected chi connectivity index (χ4v) is 1.65. The van der Waals surface area contributed by atoms with Gasteiger partial charge in [-0.15, -0.1) is 0 Å². The second-order valence-corrected chi connectivity index (χ2v) is 4.26. The van der Waals surface area contributed by atoms with Gasteiger partial charge in [0.2, 0.25) is 0 Å². The number of amides is 1. The molecule has 0 fully saturated rings. The van der Waals surface area contributed by atoms with E-state index in [1.807, 2.05) is 0 Å². The van der Waals surface area contributed by atoms with E-state index in [0.29, 0.717) is 10.0 Å². The number of halogens is 1. The van der Waals surface area contributed by atoms with Crippen molar-refractivity contribution < 1.29 is 14.8 Å². The van der Waals surface area contributed by atoms with Crippen molar-refractivity contribution in [3.63, 3.8) is 0 Å². The van der Waals surface area contributed by atoms with E-state index in [9.17, 15) is 4.79 Å². The topological polar surface area (TPSA) is 60.8 Å². The van der Waals surface area contributed by atoms with Crippen LogP contribution in [-0.4, -0.2) is 42.1 Å². The smallest absolute Gasteiger partial charge is 0.423 e. The summed E-state index contributed by atoms with van der Waals surface area (Å²) in [6, 6.07) is 4.64. The molecule has 0 saturated carbocycles. The fraction of sp³-hybridized carbons (Fsp3) is 0.222. The van der Waals surface area contributed by atoms with Crippen LogP contribution in [0.15, 0.2) is 22.7 Å². The number of nitrogens with zero attached hydrogens (tertiary/aromatic N) is 1. The molecule has 0 aliphatic carbocycles. The summed E-state index contributed by atoms with van der Waals surface area (Å²) in [6.07, 6.45) is 0. The minimum absolute atomic E-state index is 0.182. The van der Waals surface area contributed by atoms with Gasteiger partial charge in [0.05, 0.1) is 0 Å². The van der Waals surface area contributed by atoms with E-state index in [1.165, 1.54) is 11.0 Å². The normalized spacial score (nSPS) is 9.93. The van der Waals surface area contributed by atoms with Crippen molar-refractivity contribution in [1.82, 2.24) is 4.90 Å². The van der Waals surface area contributed by atoms with Crippen LogP contribution < -0.4 is 5.46 Å². The average Bonchev–Trinajstić information content (AvgIpc) is 2.15. The maximum Gasteiger partial charge on any atom is 0.488 e. The standard InChI is InChI=1S/C9H11BBrNO3/c1-12(2)9(13)6-3-7(10(14)15)5-8(11)4-6/h3-5,14-15H,1-2H3. The molecule has 0 aromatic heterocycles. The monoisotopic (exact) mass is 271 g/mol. The number of rotatable bonds is 2. The van der Waals surface area contributed by atoms with Gasteiger partial charge >= 0.3 is 7.12 Å². The minimum atomic E-state index is -1.57. The van der Waals surface area contributed by atoms with Gasteiger partial charge in [-0.3, -0.25) is 4.79 Å². The van der Waals surface area contributed by atoms with E-state index < -0.39 is 7.12 Å². The van der Waals surface area contributed by atoms with Gasteiger partial charge in [-0.1, -0.05) is 15.9 Å². The van der Waals surface area contributed by atoms with Gasteiger partial charge in [0.1, 0.15) is 0 Å². The molecule has 0 saturated heterocycles. The first kappa shape index (κ1) is 12.2. The van der Waals surface area contributed by atoms with Crippen molar-refractivity contribution in [3.8, 4) is 0 Å². The molecule has 4 nitrogen and oxygen atoms in total. The van der Waals surface area contributed by atoms with E-state index >= 15 is 0 Å². The molecule has 0 heterocycles. The number of carbonyl (C=O) groups excluding carboxylic acids is 1. The first-order valence-electron chi connectivity index (χ1n) is 4.30. The summed E-state index contributed by atoms with van der Waals surface area (Å²) >= 11 is 3.21. The lowest BCUT2D eigenvalue weighted by molar-refractivity contribution is 0.0827. The lowest BCUT2D eigenvalue weighted by atomic mass is 9.79. The Balaban J connectivity index is 3.14. The minimum Gasteiger partial charge on any atom is -0.423 e. The molecule has 80 valence electrons. The highest BCUT2D eigenvalue weighted by atomic mass is 79.9. The van der Waals surface area contributed by atoms with Crippen molar-refractivity contribution in [3.05, 3.63) is 28.2 Å². The summed E-state index contributed by atoms with van der Waals surface area (Å²) in [5, 5.41) is 18.0. The predicted octanol–water partition coefficient (Wildman–Crippen LogP) is -0.169. The molecule has 0 aliphatic heterocycles. The largest absolute Gasteiger partial charge is 0.488 e. The van der Waals surface area contributed by atoms with Crippen LogP contribution in [0.25, 0.3) is 0 Å².